The second kappa shape index (κ2) is 17.2. The van der Waals surface area contributed by atoms with Gasteiger partial charge in [0.2, 0.25) is 0 Å². The fraction of sp³-hybridized carbons (Fsp3) is 0. The van der Waals surface area contributed by atoms with Crippen LogP contribution in [0, 0.1) is 9.81 Å². The summed E-state index contributed by atoms with van der Waals surface area (Å²) in [6.07, 6.45) is 0. The van der Waals surface area contributed by atoms with Gasteiger partial charge in [0.05, 0.1) is 0 Å². The van der Waals surface area contributed by atoms with Gasteiger partial charge in [0.25, 0.3) is 0 Å². The molecule has 0 unspecified atom stereocenters. The topological polar surface area (TPSA) is 129 Å². The Morgan fingerprint density at radius 1 is 1.00 bits per heavy atom. The van der Waals surface area contributed by atoms with Crippen molar-refractivity contribution >= 4 is 0 Å². The minimum Gasteiger partial charge on any atom is -0.266 e. The van der Waals surface area contributed by atoms with Crippen LogP contribution in [0.15, 0.2) is 10.7 Å². The summed E-state index contributed by atoms with van der Waals surface area (Å²) in [5, 5.41) is 3.53. The van der Waals surface area contributed by atoms with Crippen molar-refractivity contribution < 1.29 is 9.88 Å². The number of hydrogen-bond acceptors (Lipinski definition) is 8. The summed E-state index contributed by atoms with van der Waals surface area (Å²) in [6.45, 7) is 0. The van der Waals surface area contributed by atoms with Crippen LogP contribution in [0.4, 0.5) is 0 Å². The highest BCUT2D eigenvalue weighted by Crippen LogP contribution is 1.45. The van der Waals surface area contributed by atoms with Crippen molar-refractivity contribution in [1.29, 1.82) is 0 Å². The Morgan fingerprint density at radius 2 is 1.12 bits per heavy atom. The first-order valence-electron chi connectivity index (χ1n) is 1.20. The van der Waals surface area contributed by atoms with Gasteiger partial charge < -0.3 is 0 Å². The fourth-order valence-corrected chi connectivity index (χ4v) is 0. The number of nitrogens with zero attached hydrogens (tertiary/aromatic N) is 2. The van der Waals surface area contributed by atoms with Gasteiger partial charge in [-0.25, -0.2) is 0 Å². The van der Waals surface area contributed by atoms with E-state index in [9.17, 15) is 0 Å². The van der Waals surface area contributed by atoms with E-state index in [1.807, 2.05) is 0 Å². The molecule has 0 amide bonds. The predicted octanol–water partition coefficient (Wildman–Crippen LogP) is -0.884. The quantitative estimate of drug-likeness (QED) is 0.363. The molecule has 8 heavy (non-hydrogen) atoms. The summed E-state index contributed by atoms with van der Waals surface area (Å²) in [6, 6.07) is 0. The van der Waals surface area contributed by atoms with Gasteiger partial charge in [-0.3, -0.25) is 9.88 Å². The van der Waals surface area contributed by atoms with Gasteiger partial charge in [0.15, 0.2) is 10.7 Å². The zero-order valence-electron chi connectivity index (χ0n) is 3.68. The van der Waals surface area contributed by atoms with E-state index in [4.69, 9.17) is 9.81 Å². The molecule has 0 radical (unpaired) electrons. The van der Waals surface area contributed by atoms with Gasteiger partial charge in [-0.05, 0) is 0 Å². The van der Waals surface area contributed by atoms with Crippen LogP contribution >= 0.6 is 0 Å². The summed E-state index contributed by atoms with van der Waals surface area (Å²) >= 11 is 0. The Kier molecular flexibility index (Phi) is 21.2. The number of rotatable bonds is 2. The molecule has 0 saturated heterocycles. The van der Waals surface area contributed by atoms with Gasteiger partial charge in [-0.1, -0.05) is 0 Å². The first-order valence-corrected chi connectivity index (χ1v) is 1.20. The molecule has 0 bridgehead atoms. The second-order valence-corrected chi connectivity index (χ2v) is 0.360. The Bertz CT molecular complexity index is 44.0. The van der Waals surface area contributed by atoms with Crippen molar-refractivity contribution in [3.63, 3.8) is 0 Å². The van der Waals surface area contributed by atoms with Crippen molar-refractivity contribution in [3.05, 3.63) is 9.81 Å². The predicted molar refractivity (Wildman–Crippen MR) is 22.1 cm³/mol. The lowest BCUT2D eigenvalue weighted by Gasteiger charge is -1.62. The highest BCUT2D eigenvalue weighted by Gasteiger charge is 1.44. The Morgan fingerprint density at radius 3 is 1.12 bits per heavy atom. The van der Waals surface area contributed by atoms with Crippen LogP contribution in [0.1, 0.15) is 0 Å². The number of hydrogen-bond donors (Lipinski definition) is 2. The summed E-state index contributed by atoms with van der Waals surface area (Å²) < 4.78 is 0. The average Bonchev–Trinajstić information content (AvgIpc) is 1.88. The molecule has 4 N–H and O–H groups in total. The van der Waals surface area contributed by atoms with Crippen molar-refractivity contribution in [3.8, 4) is 0 Å². The Hall–Kier alpha value is -1.28. The molecule has 0 aliphatic heterocycles. The molecule has 8 heteroatoms. The molecular formula is H4N4O4. The van der Waals surface area contributed by atoms with Crippen molar-refractivity contribution in [2.75, 3.05) is 0 Å². The molecule has 0 fully saturated rings. The van der Waals surface area contributed by atoms with Crippen LogP contribution in [0.2, 0.25) is 0 Å². The molecule has 0 aromatic carbocycles. The fourth-order valence-electron chi connectivity index (χ4n) is 0. The molecular weight excluding hydrogens is 120 g/mol. The summed E-state index contributed by atoms with van der Waals surface area (Å²) in [5.74, 6) is 8.10. The number of nitrogens with two attached hydrogens (primary N) is 2. The monoisotopic (exact) mass is 124 g/mol. The first-order chi connectivity index (χ1) is 3.83. The maximum atomic E-state index is 8.58. The van der Waals surface area contributed by atoms with Gasteiger partial charge in [0, 0.05) is 0 Å². The van der Waals surface area contributed by atoms with Crippen LogP contribution in [0.5, 0.6) is 0 Å². The van der Waals surface area contributed by atoms with Gasteiger partial charge in [-0.15, -0.1) is 21.6 Å². The van der Waals surface area contributed by atoms with Gasteiger partial charge >= 0.3 is 0 Å². The SMILES string of the molecule is NON=O.NON=O. The lowest BCUT2D eigenvalue weighted by atomic mass is 13.2. The van der Waals surface area contributed by atoms with Crippen LogP contribution in [0.25, 0.3) is 0 Å². The largest absolute Gasteiger partial charge is 0.266 e. The van der Waals surface area contributed by atoms with Crippen molar-refractivity contribution in [1.82, 2.24) is 0 Å². The van der Waals surface area contributed by atoms with E-state index in [2.05, 4.69) is 21.7 Å². The molecule has 0 aromatic heterocycles. The van der Waals surface area contributed by atoms with Crippen LogP contribution < -0.4 is 11.8 Å². The van der Waals surface area contributed by atoms with Gasteiger partial charge in [-0.2, -0.15) is 0 Å². The third kappa shape index (κ3) is 126. The minimum atomic E-state index is 1.76. The molecule has 0 aromatic rings. The maximum Gasteiger partial charge on any atom is 0.176 e. The van der Waals surface area contributed by atoms with E-state index in [0.717, 1.165) is 0 Å². The molecule has 0 aliphatic rings. The van der Waals surface area contributed by atoms with Gasteiger partial charge in [0.1, 0.15) is 0 Å². The molecule has 0 saturated carbocycles. The molecule has 8 nitrogen and oxygen atoms in total. The first kappa shape index (κ1) is 9.87. The van der Waals surface area contributed by atoms with E-state index in [1.54, 1.807) is 10.7 Å². The highest BCUT2D eigenvalue weighted by molar-refractivity contribution is 3.88. The third-order valence-corrected chi connectivity index (χ3v) is 0.0861. The third-order valence-electron chi connectivity index (χ3n) is 0.0861. The molecule has 0 rings (SSSR count). The summed E-state index contributed by atoms with van der Waals surface area (Å²) in [4.78, 5) is 23.4. The maximum absolute atomic E-state index is 8.58. The smallest absolute Gasteiger partial charge is 0.176 e. The Labute approximate surface area is 43.5 Å². The molecule has 0 heterocycles. The summed E-state index contributed by atoms with van der Waals surface area (Å²) in [7, 11) is 0. The standard InChI is InChI=1S/2H2N2O2/c2*1-4-2-3/h2*1H2. The van der Waals surface area contributed by atoms with E-state index in [-0.39, 0.29) is 0 Å². The molecule has 0 spiro atoms. The van der Waals surface area contributed by atoms with E-state index in [0.29, 0.717) is 0 Å². The molecule has 0 atom stereocenters. The molecule has 0 aliphatic carbocycles. The second-order valence-electron chi connectivity index (χ2n) is 0.360. The highest BCUT2D eigenvalue weighted by atomic mass is 16.8. The van der Waals surface area contributed by atoms with E-state index < -0.39 is 0 Å². The van der Waals surface area contributed by atoms with Crippen LogP contribution in [-0.2, 0) is 9.88 Å². The Balaban J connectivity index is 0. The van der Waals surface area contributed by atoms with Crippen LogP contribution in [-0.4, -0.2) is 0 Å². The zero-order valence-corrected chi connectivity index (χ0v) is 3.68. The van der Waals surface area contributed by atoms with Crippen molar-refractivity contribution in [2.45, 2.75) is 0 Å². The minimum absolute atomic E-state index is 1.76. The average molecular weight is 124 g/mol. The summed E-state index contributed by atoms with van der Waals surface area (Å²) in [5.41, 5.74) is 0. The van der Waals surface area contributed by atoms with Crippen LogP contribution in [0.3, 0.4) is 0 Å². The zero-order chi connectivity index (χ0) is 6.83. The van der Waals surface area contributed by atoms with E-state index in [1.165, 1.54) is 0 Å². The lowest BCUT2D eigenvalue weighted by Crippen LogP contribution is -1.85. The molecule has 48 valence electrons. The normalized spacial score (nSPS) is 5.25. The van der Waals surface area contributed by atoms with E-state index >= 15 is 0 Å². The van der Waals surface area contributed by atoms with Crippen molar-refractivity contribution in [2.24, 2.45) is 22.5 Å². The lowest BCUT2D eigenvalue weighted by molar-refractivity contribution is 0.144.